The van der Waals surface area contributed by atoms with Gasteiger partial charge in [-0.25, -0.2) is 4.98 Å². The van der Waals surface area contributed by atoms with E-state index in [1.165, 1.54) is 23.3 Å². The molecule has 1 aromatic carbocycles. The first-order valence-electron chi connectivity index (χ1n) is 11.0. The molecule has 1 N–H and O–H groups in total. The fourth-order valence-corrected chi connectivity index (χ4v) is 4.80. The number of amides is 1. The number of carbonyl (C=O) groups excluding carboxylic acids is 1. The molecule has 4 heterocycles. The van der Waals surface area contributed by atoms with E-state index in [1.807, 2.05) is 41.1 Å². The monoisotopic (exact) mass is 446 g/mol. The number of imidazole rings is 1. The molecule has 6 nitrogen and oxygen atoms in total. The Labute approximate surface area is 191 Å². The molecule has 0 atom stereocenters. The first-order valence-corrected chi connectivity index (χ1v) is 11.8. The fraction of sp³-hybridized carbons (Fsp3) is 0.280. The smallest absolute Gasteiger partial charge is 0.258 e. The van der Waals surface area contributed by atoms with Gasteiger partial charge in [-0.3, -0.25) is 9.69 Å². The maximum absolute atomic E-state index is 12.4. The number of nitrogens with one attached hydrogen (secondary N) is 1. The summed E-state index contributed by atoms with van der Waals surface area (Å²) in [6, 6.07) is 16.3. The largest absolute Gasteiger partial charge is 0.483 e. The van der Waals surface area contributed by atoms with Crippen molar-refractivity contribution in [2.24, 2.45) is 0 Å². The van der Waals surface area contributed by atoms with Gasteiger partial charge in [0.2, 0.25) is 0 Å². The Bertz CT molecular complexity index is 1160. The van der Waals surface area contributed by atoms with Crippen LogP contribution in [0.3, 0.4) is 0 Å². The van der Waals surface area contributed by atoms with E-state index in [-0.39, 0.29) is 12.5 Å². The lowest BCUT2D eigenvalue weighted by Crippen LogP contribution is -2.29. The van der Waals surface area contributed by atoms with E-state index in [1.54, 1.807) is 11.3 Å². The SMILES string of the molecule is O=C(COc1ccc(-c2cccs2)cc1CN1CCCC1)NCc1cn2ccccc2n1. The first-order chi connectivity index (χ1) is 15.7. The molecule has 5 rings (SSSR count). The average molecular weight is 447 g/mol. The van der Waals surface area contributed by atoms with Crippen LogP contribution in [0.15, 0.2) is 66.3 Å². The number of pyridine rings is 1. The summed E-state index contributed by atoms with van der Waals surface area (Å²) in [5.41, 5.74) is 4.01. The Kier molecular flexibility index (Phi) is 6.18. The molecule has 1 fully saturated rings. The van der Waals surface area contributed by atoms with Gasteiger partial charge >= 0.3 is 0 Å². The zero-order chi connectivity index (χ0) is 21.8. The zero-order valence-corrected chi connectivity index (χ0v) is 18.7. The number of hydrogen-bond acceptors (Lipinski definition) is 5. The first kappa shape index (κ1) is 20.7. The molecule has 1 aliphatic rings. The van der Waals surface area contributed by atoms with E-state index in [0.717, 1.165) is 42.3 Å². The van der Waals surface area contributed by atoms with Gasteiger partial charge in [0.25, 0.3) is 5.91 Å². The van der Waals surface area contributed by atoms with Crippen LogP contribution in [0.2, 0.25) is 0 Å². The van der Waals surface area contributed by atoms with Crippen molar-refractivity contribution in [3.8, 4) is 16.2 Å². The summed E-state index contributed by atoms with van der Waals surface area (Å²) >= 11 is 1.73. The molecule has 7 heteroatoms. The van der Waals surface area contributed by atoms with Crippen LogP contribution in [0.5, 0.6) is 5.75 Å². The number of ether oxygens (including phenoxy) is 1. The Hall–Kier alpha value is -3.16. The van der Waals surface area contributed by atoms with Gasteiger partial charge in [0, 0.05) is 29.4 Å². The van der Waals surface area contributed by atoms with Crippen molar-refractivity contribution in [1.29, 1.82) is 0 Å². The second-order valence-corrected chi connectivity index (χ2v) is 8.99. The van der Waals surface area contributed by atoms with Crippen molar-refractivity contribution in [1.82, 2.24) is 19.6 Å². The summed E-state index contributed by atoms with van der Waals surface area (Å²) in [6.07, 6.45) is 6.35. The van der Waals surface area contributed by atoms with Crippen LogP contribution >= 0.6 is 11.3 Å². The molecule has 0 unspecified atom stereocenters. The lowest BCUT2D eigenvalue weighted by molar-refractivity contribution is -0.123. The maximum atomic E-state index is 12.4. The highest BCUT2D eigenvalue weighted by molar-refractivity contribution is 7.13. The van der Waals surface area contributed by atoms with Crippen LogP contribution in [0.4, 0.5) is 0 Å². The van der Waals surface area contributed by atoms with E-state index >= 15 is 0 Å². The summed E-state index contributed by atoms with van der Waals surface area (Å²) in [5, 5.41) is 5.00. The van der Waals surface area contributed by atoms with E-state index in [0.29, 0.717) is 6.54 Å². The molecular formula is C25H26N4O2S. The highest BCUT2D eigenvalue weighted by Gasteiger charge is 2.16. The van der Waals surface area contributed by atoms with Crippen molar-refractivity contribution in [2.45, 2.75) is 25.9 Å². The summed E-state index contributed by atoms with van der Waals surface area (Å²) in [7, 11) is 0. The van der Waals surface area contributed by atoms with Gasteiger partial charge in [0.05, 0.1) is 12.2 Å². The number of benzene rings is 1. The van der Waals surface area contributed by atoms with Gasteiger partial charge in [-0.15, -0.1) is 11.3 Å². The summed E-state index contributed by atoms with van der Waals surface area (Å²) in [5.74, 6) is 0.622. The van der Waals surface area contributed by atoms with Gasteiger partial charge in [-0.2, -0.15) is 0 Å². The van der Waals surface area contributed by atoms with Crippen molar-refractivity contribution in [3.05, 3.63) is 77.6 Å². The number of hydrogen-bond donors (Lipinski definition) is 1. The molecular weight excluding hydrogens is 420 g/mol. The number of fused-ring (bicyclic) bond motifs is 1. The van der Waals surface area contributed by atoms with Crippen molar-refractivity contribution in [2.75, 3.05) is 19.7 Å². The van der Waals surface area contributed by atoms with Gasteiger partial charge in [-0.1, -0.05) is 12.1 Å². The summed E-state index contributed by atoms with van der Waals surface area (Å²) in [4.78, 5) is 20.6. The third-order valence-corrected chi connectivity index (χ3v) is 6.62. The molecule has 1 saturated heterocycles. The number of carbonyl (C=O) groups is 1. The van der Waals surface area contributed by atoms with Crippen LogP contribution in [-0.2, 0) is 17.9 Å². The van der Waals surface area contributed by atoms with Gasteiger partial charge < -0.3 is 14.5 Å². The van der Waals surface area contributed by atoms with Gasteiger partial charge in [0.15, 0.2) is 6.61 Å². The van der Waals surface area contributed by atoms with Gasteiger partial charge in [-0.05, 0) is 73.3 Å². The zero-order valence-electron chi connectivity index (χ0n) is 17.9. The number of aromatic nitrogens is 2. The quantitative estimate of drug-likeness (QED) is 0.437. The lowest BCUT2D eigenvalue weighted by Gasteiger charge is -2.18. The molecule has 1 aliphatic heterocycles. The molecule has 0 spiro atoms. The Morgan fingerprint density at radius 1 is 1.12 bits per heavy atom. The van der Waals surface area contributed by atoms with E-state index < -0.39 is 0 Å². The lowest BCUT2D eigenvalue weighted by atomic mass is 10.1. The highest BCUT2D eigenvalue weighted by atomic mass is 32.1. The molecule has 32 heavy (non-hydrogen) atoms. The number of thiophene rings is 1. The number of rotatable bonds is 8. The average Bonchev–Trinajstić information content (AvgIpc) is 3.58. The van der Waals surface area contributed by atoms with Crippen LogP contribution < -0.4 is 10.1 Å². The van der Waals surface area contributed by atoms with Crippen LogP contribution in [0.25, 0.3) is 16.1 Å². The molecule has 0 saturated carbocycles. The molecule has 0 aliphatic carbocycles. The molecule has 0 bridgehead atoms. The van der Waals surface area contributed by atoms with Gasteiger partial charge in [0.1, 0.15) is 11.4 Å². The third-order valence-electron chi connectivity index (χ3n) is 5.70. The van der Waals surface area contributed by atoms with E-state index in [9.17, 15) is 4.79 Å². The Morgan fingerprint density at radius 2 is 2.03 bits per heavy atom. The van der Waals surface area contributed by atoms with Crippen molar-refractivity contribution < 1.29 is 9.53 Å². The van der Waals surface area contributed by atoms with Crippen molar-refractivity contribution in [3.63, 3.8) is 0 Å². The second-order valence-electron chi connectivity index (χ2n) is 8.05. The number of nitrogens with zero attached hydrogens (tertiary/aromatic N) is 3. The molecule has 0 radical (unpaired) electrons. The normalized spacial score (nSPS) is 14.1. The third kappa shape index (κ3) is 4.84. The fourth-order valence-electron chi connectivity index (χ4n) is 4.08. The molecule has 164 valence electrons. The Balaban J connectivity index is 1.23. The molecule has 3 aromatic heterocycles. The minimum atomic E-state index is -0.156. The molecule has 4 aromatic rings. The Morgan fingerprint density at radius 3 is 2.84 bits per heavy atom. The second kappa shape index (κ2) is 9.54. The topological polar surface area (TPSA) is 58.9 Å². The maximum Gasteiger partial charge on any atom is 0.258 e. The van der Waals surface area contributed by atoms with Crippen LogP contribution in [0.1, 0.15) is 24.1 Å². The van der Waals surface area contributed by atoms with Crippen LogP contribution in [0, 0.1) is 0 Å². The predicted octanol–water partition coefficient (Wildman–Crippen LogP) is 4.35. The minimum absolute atomic E-state index is 0.0152. The molecule has 1 amide bonds. The van der Waals surface area contributed by atoms with Crippen molar-refractivity contribution >= 4 is 22.9 Å². The standard InChI is InChI=1S/C25H26N4O2S/c30-25(26-15-21-17-29-12-2-1-7-24(29)27-21)18-31-22-9-8-19(23-6-5-13-32-23)14-20(22)16-28-10-3-4-11-28/h1-2,5-9,12-14,17H,3-4,10-11,15-16,18H2,(H,26,30). The summed E-state index contributed by atoms with van der Waals surface area (Å²) < 4.78 is 7.91. The summed E-state index contributed by atoms with van der Waals surface area (Å²) in [6.45, 7) is 3.43. The predicted molar refractivity (Wildman–Crippen MR) is 127 cm³/mol. The van der Waals surface area contributed by atoms with Crippen LogP contribution in [-0.4, -0.2) is 39.9 Å². The highest BCUT2D eigenvalue weighted by Crippen LogP contribution is 2.31. The number of likely N-dealkylation sites (tertiary alicyclic amines) is 1. The van der Waals surface area contributed by atoms with E-state index in [2.05, 4.69) is 44.8 Å². The minimum Gasteiger partial charge on any atom is -0.483 e. The van der Waals surface area contributed by atoms with E-state index in [4.69, 9.17) is 4.74 Å².